The van der Waals surface area contributed by atoms with Gasteiger partial charge in [0.2, 0.25) is 11.8 Å². The summed E-state index contributed by atoms with van der Waals surface area (Å²) in [5, 5.41) is 4.30. The van der Waals surface area contributed by atoms with Crippen molar-refractivity contribution >= 4 is 40.7 Å². The summed E-state index contributed by atoms with van der Waals surface area (Å²) in [5.41, 5.74) is 3.17. The Labute approximate surface area is 194 Å². The maximum absolute atomic E-state index is 14.5. The number of piperidine rings is 2. The van der Waals surface area contributed by atoms with Gasteiger partial charge in [0.15, 0.2) is 0 Å². The average molecular weight is 476 g/mol. The molecule has 0 spiro atoms. The van der Waals surface area contributed by atoms with E-state index in [0.29, 0.717) is 12.0 Å². The molecular formula is C23H23ClFN3O3S. The average Bonchev–Trinajstić information content (AvgIpc) is 3.31. The first-order chi connectivity index (χ1) is 15.4. The number of halogens is 2. The molecule has 1 atom stereocenters. The third-order valence-corrected chi connectivity index (χ3v) is 8.02. The summed E-state index contributed by atoms with van der Waals surface area (Å²) in [4.78, 5) is 40.7. The standard InChI is InChI=1S/C23H23ClFN3O3S/c24-21-14(5-8-32-21)11-27-6-3-13(4-7-27)16-9-15(25)10-17-18(16)12-28(23(17)31)19-1-2-20(29)26-22(19)30/h5,8-10,13,19H,1-4,6-7,11-12H2,(H,26,29,30). The molecule has 0 radical (unpaired) electrons. The first kappa shape index (κ1) is 21.6. The smallest absolute Gasteiger partial charge is 0.255 e. The van der Waals surface area contributed by atoms with Crippen LogP contribution in [0, 0.1) is 5.82 Å². The number of hydrogen-bond donors (Lipinski definition) is 1. The largest absolute Gasteiger partial charge is 0.322 e. The van der Waals surface area contributed by atoms with Crippen molar-refractivity contribution in [2.45, 2.75) is 50.7 Å². The maximum Gasteiger partial charge on any atom is 0.255 e. The van der Waals surface area contributed by atoms with Crippen LogP contribution in [0.3, 0.4) is 0 Å². The molecule has 3 aliphatic heterocycles. The Balaban J connectivity index is 1.33. The first-order valence-corrected chi connectivity index (χ1v) is 12.1. The van der Waals surface area contributed by atoms with Crippen LogP contribution in [-0.4, -0.2) is 46.7 Å². The second-order valence-electron chi connectivity index (χ2n) is 8.69. The van der Waals surface area contributed by atoms with Crippen molar-refractivity contribution < 1.29 is 18.8 Å². The van der Waals surface area contributed by atoms with Gasteiger partial charge >= 0.3 is 0 Å². The number of likely N-dealkylation sites (tertiary alicyclic amines) is 1. The molecule has 2 fully saturated rings. The van der Waals surface area contributed by atoms with Crippen molar-refractivity contribution in [3.05, 3.63) is 56.0 Å². The number of fused-ring (bicyclic) bond motifs is 1. The zero-order valence-electron chi connectivity index (χ0n) is 17.4. The van der Waals surface area contributed by atoms with E-state index < -0.39 is 17.8 Å². The molecule has 1 N–H and O–H groups in total. The lowest BCUT2D eigenvalue weighted by Crippen LogP contribution is -2.52. The van der Waals surface area contributed by atoms with Gasteiger partial charge in [-0.2, -0.15) is 0 Å². The van der Waals surface area contributed by atoms with Crippen molar-refractivity contribution in [1.29, 1.82) is 0 Å². The van der Waals surface area contributed by atoms with E-state index in [-0.39, 0.29) is 30.7 Å². The minimum absolute atomic E-state index is 0.156. The van der Waals surface area contributed by atoms with Crippen LogP contribution in [0.5, 0.6) is 0 Å². The van der Waals surface area contributed by atoms with Gasteiger partial charge in [0.05, 0.1) is 4.34 Å². The lowest BCUT2D eigenvalue weighted by Gasteiger charge is -2.33. The predicted molar refractivity (Wildman–Crippen MR) is 119 cm³/mol. The molecule has 1 aromatic heterocycles. The van der Waals surface area contributed by atoms with E-state index in [1.165, 1.54) is 22.3 Å². The molecule has 2 aromatic rings. The minimum Gasteiger partial charge on any atom is -0.322 e. The maximum atomic E-state index is 14.5. The number of thiophene rings is 1. The van der Waals surface area contributed by atoms with Crippen molar-refractivity contribution in [3.63, 3.8) is 0 Å². The zero-order valence-corrected chi connectivity index (χ0v) is 19.0. The number of benzene rings is 1. The fourth-order valence-electron chi connectivity index (χ4n) is 5.09. The molecule has 0 saturated carbocycles. The van der Waals surface area contributed by atoms with Crippen LogP contribution in [0.4, 0.5) is 4.39 Å². The van der Waals surface area contributed by atoms with Crippen LogP contribution < -0.4 is 5.32 Å². The van der Waals surface area contributed by atoms with E-state index >= 15 is 0 Å². The Morgan fingerprint density at radius 1 is 1.16 bits per heavy atom. The molecule has 1 aromatic carbocycles. The van der Waals surface area contributed by atoms with Gasteiger partial charge in [-0.3, -0.25) is 24.6 Å². The molecule has 1 unspecified atom stereocenters. The number of imide groups is 1. The molecule has 168 valence electrons. The molecule has 0 aliphatic carbocycles. The Morgan fingerprint density at radius 2 is 1.94 bits per heavy atom. The fraction of sp³-hybridized carbons (Fsp3) is 0.435. The Hall–Kier alpha value is -2.29. The summed E-state index contributed by atoms with van der Waals surface area (Å²) in [5.74, 6) is -1.38. The summed E-state index contributed by atoms with van der Waals surface area (Å²) in [6.07, 6.45) is 2.23. The summed E-state index contributed by atoms with van der Waals surface area (Å²) in [6.45, 7) is 2.82. The first-order valence-electron chi connectivity index (χ1n) is 10.8. The van der Waals surface area contributed by atoms with Crippen LogP contribution in [0.25, 0.3) is 0 Å². The van der Waals surface area contributed by atoms with Gasteiger partial charge in [0, 0.05) is 25.1 Å². The van der Waals surface area contributed by atoms with Gasteiger partial charge in [-0.25, -0.2) is 4.39 Å². The molecule has 3 amide bonds. The molecule has 6 nitrogen and oxygen atoms in total. The number of nitrogens with one attached hydrogen (secondary N) is 1. The quantitative estimate of drug-likeness (QED) is 0.685. The fourth-order valence-corrected chi connectivity index (χ4v) is 6.01. The van der Waals surface area contributed by atoms with Gasteiger partial charge in [0.1, 0.15) is 11.9 Å². The number of carbonyl (C=O) groups excluding carboxylic acids is 3. The summed E-state index contributed by atoms with van der Waals surface area (Å²) in [6, 6.07) is 4.19. The van der Waals surface area contributed by atoms with Crippen molar-refractivity contribution in [1.82, 2.24) is 15.1 Å². The highest BCUT2D eigenvalue weighted by Gasteiger charge is 2.41. The Kier molecular flexibility index (Phi) is 5.77. The second kappa shape index (κ2) is 8.57. The van der Waals surface area contributed by atoms with Crippen LogP contribution in [-0.2, 0) is 22.7 Å². The molecule has 0 bridgehead atoms. The summed E-state index contributed by atoms with van der Waals surface area (Å²) in [7, 11) is 0. The van der Waals surface area contributed by atoms with E-state index in [2.05, 4.69) is 10.2 Å². The van der Waals surface area contributed by atoms with Gasteiger partial charge in [-0.1, -0.05) is 11.6 Å². The van der Waals surface area contributed by atoms with E-state index in [9.17, 15) is 18.8 Å². The number of amides is 3. The summed E-state index contributed by atoms with van der Waals surface area (Å²) >= 11 is 7.77. The van der Waals surface area contributed by atoms with Crippen molar-refractivity contribution in [2.24, 2.45) is 0 Å². The van der Waals surface area contributed by atoms with Crippen molar-refractivity contribution in [2.75, 3.05) is 13.1 Å². The molecular weight excluding hydrogens is 453 g/mol. The van der Waals surface area contributed by atoms with Crippen molar-refractivity contribution in [3.8, 4) is 0 Å². The van der Waals surface area contributed by atoms with Crippen LogP contribution in [0.15, 0.2) is 23.6 Å². The second-order valence-corrected chi connectivity index (χ2v) is 10.2. The number of carbonyl (C=O) groups is 3. The highest BCUT2D eigenvalue weighted by atomic mass is 35.5. The van der Waals surface area contributed by atoms with E-state index in [0.717, 1.165) is 53.5 Å². The molecule has 32 heavy (non-hydrogen) atoms. The third kappa shape index (κ3) is 3.95. The monoisotopic (exact) mass is 475 g/mol. The van der Waals surface area contributed by atoms with E-state index in [1.54, 1.807) is 6.07 Å². The van der Waals surface area contributed by atoms with Crippen LogP contribution in [0.2, 0.25) is 4.34 Å². The van der Waals surface area contributed by atoms with Gasteiger partial charge in [-0.05, 0) is 78.5 Å². The highest BCUT2D eigenvalue weighted by molar-refractivity contribution is 7.14. The summed E-state index contributed by atoms with van der Waals surface area (Å²) < 4.78 is 15.3. The van der Waals surface area contributed by atoms with E-state index in [4.69, 9.17) is 11.6 Å². The normalized spacial score (nSPS) is 22.4. The lowest BCUT2D eigenvalue weighted by atomic mass is 9.85. The number of nitrogens with zero attached hydrogens (tertiary/aromatic N) is 2. The molecule has 3 aliphatic rings. The van der Waals surface area contributed by atoms with E-state index in [1.807, 2.05) is 11.4 Å². The Morgan fingerprint density at radius 3 is 2.62 bits per heavy atom. The number of hydrogen-bond acceptors (Lipinski definition) is 5. The molecule has 2 saturated heterocycles. The molecule has 5 rings (SSSR count). The van der Waals surface area contributed by atoms with Gasteiger partial charge < -0.3 is 4.90 Å². The third-order valence-electron chi connectivity index (χ3n) is 6.77. The SMILES string of the molecule is O=C1CCC(N2Cc3c(cc(F)cc3C3CCN(Cc4ccsc4Cl)CC3)C2=O)C(=O)N1. The topological polar surface area (TPSA) is 69.7 Å². The minimum atomic E-state index is -0.694. The molecule has 4 heterocycles. The van der Waals surface area contributed by atoms with Crippen LogP contribution in [0.1, 0.15) is 58.6 Å². The Bertz CT molecular complexity index is 1100. The zero-order chi connectivity index (χ0) is 22.4. The van der Waals surface area contributed by atoms with Gasteiger partial charge in [0.25, 0.3) is 5.91 Å². The highest BCUT2D eigenvalue weighted by Crippen LogP contribution is 2.38. The number of rotatable bonds is 4. The molecule has 9 heteroatoms. The lowest BCUT2D eigenvalue weighted by molar-refractivity contribution is -0.136. The van der Waals surface area contributed by atoms with Crippen LogP contribution >= 0.6 is 22.9 Å². The predicted octanol–water partition coefficient (Wildman–Crippen LogP) is 3.68. The van der Waals surface area contributed by atoms with Gasteiger partial charge in [-0.15, -0.1) is 11.3 Å².